The summed E-state index contributed by atoms with van der Waals surface area (Å²) < 4.78 is 17.3. The zero-order valence-electron chi connectivity index (χ0n) is 29.7. The highest BCUT2D eigenvalue weighted by atomic mass is 16.6. The van der Waals surface area contributed by atoms with Crippen LogP contribution in [-0.4, -0.2) is 82.1 Å². The molecule has 278 valence electrons. The molecule has 52 heavy (non-hydrogen) atoms. The van der Waals surface area contributed by atoms with Crippen LogP contribution in [0.1, 0.15) is 81.8 Å². The highest BCUT2D eigenvalue weighted by molar-refractivity contribution is 5.96. The number of nitrogens with zero attached hydrogens (tertiary/aromatic N) is 3. The van der Waals surface area contributed by atoms with Crippen LogP contribution in [0.4, 0.5) is 10.5 Å². The number of carbonyl (C=O) groups excluding carboxylic acids is 4. The van der Waals surface area contributed by atoms with E-state index >= 15 is 4.79 Å². The molecule has 2 aliphatic heterocycles. The Kier molecular flexibility index (Phi) is 11.9. The van der Waals surface area contributed by atoms with Crippen LogP contribution in [0, 0.1) is 16.0 Å². The predicted molar refractivity (Wildman–Crippen MR) is 190 cm³/mol. The summed E-state index contributed by atoms with van der Waals surface area (Å²) in [6, 6.07) is 13.5. The number of ether oxygens (including phenoxy) is 3. The number of amides is 3. The van der Waals surface area contributed by atoms with Gasteiger partial charge in [0.05, 0.1) is 24.7 Å². The number of nitro benzene ring substituents is 1. The molecule has 2 saturated carbocycles. The molecule has 13 nitrogen and oxygen atoms in total. The van der Waals surface area contributed by atoms with E-state index in [4.69, 9.17) is 14.2 Å². The van der Waals surface area contributed by atoms with Gasteiger partial charge in [-0.25, -0.2) is 9.59 Å². The summed E-state index contributed by atoms with van der Waals surface area (Å²) in [5.74, 6) is -1.57. The summed E-state index contributed by atoms with van der Waals surface area (Å²) in [5, 5.41) is 14.0. The maximum atomic E-state index is 15.0. The molecule has 4 aliphatic rings. The normalized spacial score (nSPS) is 27.5. The molecule has 0 radical (unpaired) electrons. The van der Waals surface area contributed by atoms with Crippen molar-refractivity contribution in [1.82, 2.24) is 15.1 Å². The number of esters is 1. The molecule has 2 aromatic carbocycles. The lowest BCUT2D eigenvalue weighted by Crippen LogP contribution is -2.57. The smallest absolute Gasteiger partial charge is 0.408 e. The number of nitrogens with one attached hydrogen (secondary N) is 1. The molecule has 13 heteroatoms. The zero-order chi connectivity index (χ0) is 36.7. The van der Waals surface area contributed by atoms with Crippen molar-refractivity contribution in [1.29, 1.82) is 0 Å². The predicted octanol–water partition coefficient (Wildman–Crippen LogP) is 5.60. The van der Waals surface area contributed by atoms with Gasteiger partial charge in [-0.3, -0.25) is 19.7 Å². The number of fused-ring (bicyclic) bond motifs is 2. The standard InChI is InChI=1S/C39H48N4O9/c1-50-37(46)39-23-29(39)14-8-3-2-4-9-17-33(40-38(47)52-31-15-10-11-16-31)35(44)41-25-32(51-26-28-18-20-30(21-19-28)43(48)49)22-34(41)36(45)42(39)24-27-12-6-5-7-13-27/h5-8,12-14,18-21,29,31-34H,2-4,9-11,15-17,22-26H2,1H3,(H,40,47)/b14-8-/t29-,32+,33+,34+,39-/m1/s1. The number of non-ortho nitro benzene ring substituents is 1. The Morgan fingerprint density at radius 3 is 2.37 bits per heavy atom. The highest BCUT2D eigenvalue weighted by Crippen LogP contribution is 2.52. The van der Waals surface area contributed by atoms with Crippen LogP contribution in [0.5, 0.6) is 0 Å². The number of nitro groups is 1. The molecule has 1 saturated heterocycles. The summed E-state index contributed by atoms with van der Waals surface area (Å²) >= 11 is 0. The van der Waals surface area contributed by atoms with Crippen molar-refractivity contribution in [2.24, 2.45) is 5.92 Å². The van der Waals surface area contributed by atoms with Crippen LogP contribution < -0.4 is 5.32 Å². The average molecular weight is 717 g/mol. The first-order chi connectivity index (χ1) is 25.2. The summed E-state index contributed by atoms with van der Waals surface area (Å²) in [6.45, 7) is 0.306. The summed E-state index contributed by atoms with van der Waals surface area (Å²) in [5.41, 5.74) is 0.239. The summed E-state index contributed by atoms with van der Waals surface area (Å²) in [7, 11) is 1.32. The van der Waals surface area contributed by atoms with Gasteiger partial charge in [-0.2, -0.15) is 0 Å². The van der Waals surface area contributed by atoms with E-state index in [-0.39, 0.29) is 43.8 Å². The van der Waals surface area contributed by atoms with Crippen LogP contribution in [0.2, 0.25) is 0 Å². The minimum absolute atomic E-state index is 0.0389. The SMILES string of the molecule is COC(=O)[C@@]12C[C@H]1/C=C\CCCCC[C@H](NC(=O)OC1CCCC1)C(=O)N1C[C@@H](OCc3ccc([N+](=O)[O-])cc3)C[C@H]1C(=O)N2Cc1ccccc1. The first kappa shape index (κ1) is 37.0. The number of benzene rings is 2. The fourth-order valence-corrected chi connectivity index (χ4v) is 7.86. The Hall–Kier alpha value is -4.78. The van der Waals surface area contributed by atoms with Crippen molar-refractivity contribution >= 4 is 29.6 Å². The average Bonchev–Trinajstić information content (AvgIpc) is 3.42. The van der Waals surface area contributed by atoms with Gasteiger partial charge in [0.25, 0.3) is 5.69 Å². The zero-order valence-corrected chi connectivity index (χ0v) is 29.7. The number of carbonyl (C=O) groups is 4. The monoisotopic (exact) mass is 716 g/mol. The van der Waals surface area contributed by atoms with Gasteiger partial charge >= 0.3 is 12.1 Å². The van der Waals surface area contributed by atoms with Crippen LogP contribution in [0.25, 0.3) is 0 Å². The Morgan fingerprint density at radius 2 is 1.65 bits per heavy atom. The fourth-order valence-electron chi connectivity index (χ4n) is 7.86. The lowest BCUT2D eigenvalue weighted by Gasteiger charge is -2.36. The van der Waals surface area contributed by atoms with E-state index in [0.717, 1.165) is 50.5 Å². The third kappa shape index (κ3) is 8.46. The number of alkyl carbamates (subject to hydrolysis) is 1. The number of allylic oxidation sites excluding steroid dienone is 1. The molecule has 0 aromatic heterocycles. The van der Waals surface area contributed by atoms with Crippen molar-refractivity contribution in [3.05, 3.63) is 88.0 Å². The first-order valence-electron chi connectivity index (χ1n) is 18.4. The van der Waals surface area contributed by atoms with E-state index in [1.807, 2.05) is 36.4 Å². The number of rotatable bonds is 9. The molecule has 2 aliphatic carbocycles. The highest BCUT2D eigenvalue weighted by Gasteiger charge is 2.66. The molecule has 2 aromatic rings. The third-order valence-electron chi connectivity index (χ3n) is 10.8. The van der Waals surface area contributed by atoms with Gasteiger partial charge in [-0.1, -0.05) is 55.3 Å². The van der Waals surface area contributed by atoms with Crippen LogP contribution in [0.15, 0.2) is 66.7 Å². The fraction of sp³-hybridized carbons (Fsp3) is 0.538. The van der Waals surface area contributed by atoms with E-state index in [2.05, 4.69) is 11.4 Å². The Labute approximate surface area is 303 Å². The maximum absolute atomic E-state index is 15.0. The maximum Gasteiger partial charge on any atom is 0.408 e. The number of hydrogen-bond acceptors (Lipinski definition) is 9. The molecule has 0 spiro atoms. The van der Waals surface area contributed by atoms with E-state index in [1.54, 1.807) is 17.0 Å². The molecular weight excluding hydrogens is 668 g/mol. The molecule has 3 amide bonds. The van der Waals surface area contributed by atoms with Gasteiger partial charge in [0.15, 0.2) is 0 Å². The molecule has 5 atom stereocenters. The van der Waals surface area contributed by atoms with E-state index in [0.29, 0.717) is 24.8 Å². The molecule has 6 rings (SSSR count). The molecule has 2 heterocycles. The number of methoxy groups -OCH3 is 1. The lowest BCUT2D eigenvalue weighted by molar-refractivity contribution is -0.384. The van der Waals surface area contributed by atoms with Crippen molar-refractivity contribution in [3.63, 3.8) is 0 Å². The van der Waals surface area contributed by atoms with E-state index < -0.39 is 52.5 Å². The first-order valence-corrected chi connectivity index (χ1v) is 18.4. The lowest BCUT2D eigenvalue weighted by atomic mass is 10.0. The van der Waals surface area contributed by atoms with Crippen LogP contribution in [-0.2, 0) is 41.7 Å². The molecular formula is C39H48N4O9. The molecule has 1 N–H and O–H groups in total. The second kappa shape index (κ2) is 16.7. The van der Waals surface area contributed by atoms with Crippen LogP contribution >= 0.6 is 0 Å². The second-order valence-electron chi connectivity index (χ2n) is 14.3. The largest absolute Gasteiger partial charge is 0.467 e. The van der Waals surface area contributed by atoms with E-state index in [1.165, 1.54) is 24.1 Å². The Bertz CT molecular complexity index is 1630. The quantitative estimate of drug-likeness (QED) is 0.151. The summed E-state index contributed by atoms with van der Waals surface area (Å²) in [6.07, 6.45) is 10.3. The third-order valence-corrected chi connectivity index (χ3v) is 10.8. The second-order valence-corrected chi connectivity index (χ2v) is 14.3. The number of hydrogen-bond donors (Lipinski definition) is 1. The van der Waals surface area contributed by atoms with Crippen molar-refractivity contribution in [3.8, 4) is 0 Å². The minimum atomic E-state index is -1.24. The van der Waals surface area contributed by atoms with Gasteiger partial charge < -0.3 is 29.3 Å². The van der Waals surface area contributed by atoms with Gasteiger partial charge in [-0.05, 0) is 74.6 Å². The van der Waals surface area contributed by atoms with Gasteiger partial charge in [0, 0.05) is 37.6 Å². The van der Waals surface area contributed by atoms with Gasteiger partial charge in [-0.15, -0.1) is 0 Å². The Morgan fingerprint density at radius 1 is 0.923 bits per heavy atom. The topological polar surface area (TPSA) is 158 Å². The molecule has 0 bridgehead atoms. The van der Waals surface area contributed by atoms with Crippen LogP contribution in [0.3, 0.4) is 0 Å². The summed E-state index contributed by atoms with van der Waals surface area (Å²) in [4.78, 5) is 70.2. The van der Waals surface area contributed by atoms with Crippen molar-refractivity contribution in [2.45, 2.75) is 114 Å². The minimum Gasteiger partial charge on any atom is -0.467 e. The van der Waals surface area contributed by atoms with Gasteiger partial charge in [0.2, 0.25) is 11.8 Å². The molecule has 0 unspecified atom stereocenters. The molecule has 3 fully saturated rings. The van der Waals surface area contributed by atoms with Gasteiger partial charge in [0.1, 0.15) is 23.7 Å². The Balaban J connectivity index is 1.32. The van der Waals surface area contributed by atoms with E-state index in [9.17, 15) is 24.5 Å². The van der Waals surface area contributed by atoms with Crippen molar-refractivity contribution in [2.75, 3.05) is 13.7 Å². The van der Waals surface area contributed by atoms with Crippen molar-refractivity contribution < 1.29 is 38.3 Å².